The Balaban J connectivity index is 2.09. The summed E-state index contributed by atoms with van der Waals surface area (Å²) in [5.74, 6) is 1.61. The van der Waals surface area contributed by atoms with E-state index in [4.69, 9.17) is 5.11 Å². The van der Waals surface area contributed by atoms with Gasteiger partial charge in [-0.3, -0.25) is 5.32 Å². The Morgan fingerprint density at radius 3 is 2.68 bits per heavy atom. The summed E-state index contributed by atoms with van der Waals surface area (Å²) < 4.78 is 0. The van der Waals surface area contributed by atoms with Crippen LogP contribution in [0, 0.1) is 11.3 Å². The molecule has 2 rings (SSSR count). The van der Waals surface area contributed by atoms with Crippen molar-refractivity contribution in [2.24, 2.45) is 0 Å². The smallest absolute Gasteiger partial charge is 0.141 e. The first-order valence-electron chi connectivity index (χ1n) is 6.74. The molecular formula is C15H20N2OS. The van der Waals surface area contributed by atoms with Crippen molar-refractivity contribution < 1.29 is 5.11 Å². The van der Waals surface area contributed by atoms with Gasteiger partial charge in [-0.15, -0.1) is 0 Å². The van der Waals surface area contributed by atoms with Crippen LogP contribution in [-0.2, 0) is 5.54 Å². The predicted molar refractivity (Wildman–Crippen MR) is 78.9 cm³/mol. The Hall–Kier alpha value is -1.02. The van der Waals surface area contributed by atoms with Gasteiger partial charge in [-0.05, 0) is 30.6 Å². The second kappa shape index (κ2) is 6.95. The van der Waals surface area contributed by atoms with Crippen LogP contribution < -0.4 is 5.32 Å². The zero-order valence-electron chi connectivity index (χ0n) is 11.0. The minimum Gasteiger partial charge on any atom is -0.396 e. The first kappa shape index (κ1) is 14.4. The number of aliphatic hydroxyl groups is 1. The van der Waals surface area contributed by atoms with Gasteiger partial charge >= 0.3 is 0 Å². The van der Waals surface area contributed by atoms with Crippen LogP contribution in [0.2, 0.25) is 0 Å². The van der Waals surface area contributed by atoms with Crippen LogP contribution in [0.4, 0.5) is 0 Å². The van der Waals surface area contributed by atoms with Crippen LogP contribution in [0.1, 0.15) is 24.8 Å². The second-order valence-electron chi connectivity index (χ2n) is 4.93. The number of nitrogens with one attached hydrogen (secondary N) is 1. The molecule has 19 heavy (non-hydrogen) atoms. The number of benzene rings is 1. The first-order valence-corrected chi connectivity index (χ1v) is 7.89. The molecule has 0 radical (unpaired) electrons. The summed E-state index contributed by atoms with van der Waals surface area (Å²) in [6.07, 6.45) is 3.11. The van der Waals surface area contributed by atoms with Gasteiger partial charge in [0.05, 0.1) is 6.07 Å². The summed E-state index contributed by atoms with van der Waals surface area (Å²) in [5, 5.41) is 22.0. The molecule has 0 aliphatic heterocycles. The molecule has 1 aromatic carbocycles. The maximum Gasteiger partial charge on any atom is 0.141 e. The van der Waals surface area contributed by atoms with E-state index in [-0.39, 0.29) is 6.61 Å². The standard InChI is InChI=1S/C15H20N2OS/c16-11-15(17-14-7-8-14,12-19-10-4-9-18)13-5-2-1-3-6-13/h1-3,5-6,14,17-18H,4,7-10,12H2. The minimum absolute atomic E-state index is 0.216. The third-order valence-corrected chi connectivity index (χ3v) is 4.47. The number of thioether (sulfide) groups is 1. The topological polar surface area (TPSA) is 56.0 Å². The summed E-state index contributed by atoms with van der Waals surface area (Å²) >= 11 is 1.73. The molecule has 1 aromatic rings. The molecule has 2 N–H and O–H groups in total. The molecule has 0 saturated heterocycles. The number of hydrogen-bond acceptors (Lipinski definition) is 4. The largest absolute Gasteiger partial charge is 0.396 e. The van der Waals surface area contributed by atoms with Crippen molar-refractivity contribution in [3.05, 3.63) is 35.9 Å². The molecule has 1 aliphatic rings. The lowest BCUT2D eigenvalue weighted by Crippen LogP contribution is -2.44. The summed E-state index contributed by atoms with van der Waals surface area (Å²) in [7, 11) is 0. The van der Waals surface area contributed by atoms with E-state index in [1.54, 1.807) is 11.8 Å². The Bertz CT molecular complexity index is 428. The van der Waals surface area contributed by atoms with Crippen LogP contribution in [0.3, 0.4) is 0 Å². The van der Waals surface area contributed by atoms with Crippen molar-refractivity contribution in [3.63, 3.8) is 0 Å². The number of nitriles is 1. The van der Waals surface area contributed by atoms with Crippen LogP contribution in [0.5, 0.6) is 0 Å². The molecule has 1 fully saturated rings. The maximum absolute atomic E-state index is 9.69. The molecule has 1 aliphatic carbocycles. The third-order valence-electron chi connectivity index (χ3n) is 3.25. The Morgan fingerprint density at radius 2 is 2.11 bits per heavy atom. The van der Waals surface area contributed by atoms with Crippen LogP contribution in [0.25, 0.3) is 0 Å². The van der Waals surface area contributed by atoms with Gasteiger partial charge in [0.25, 0.3) is 0 Å². The Labute approximate surface area is 119 Å². The average molecular weight is 276 g/mol. The zero-order chi connectivity index (χ0) is 13.6. The fourth-order valence-corrected chi connectivity index (χ4v) is 3.13. The molecular weight excluding hydrogens is 256 g/mol. The molecule has 0 amide bonds. The van der Waals surface area contributed by atoms with Gasteiger partial charge in [-0.2, -0.15) is 17.0 Å². The molecule has 0 bridgehead atoms. The van der Waals surface area contributed by atoms with E-state index < -0.39 is 5.54 Å². The van der Waals surface area contributed by atoms with E-state index in [1.165, 1.54) is 0 Å². The van der Waals surface area contributed by atoms with Gasteiger partial charge < -0.3 is 5.11 Å². The molecule has 102 valence electrons. The Kier molecular flexibility index (Phi) is 5.26. The number of hydrogen-bond donors (Lipinski definition) is 2. The highest BCUT2D eigenvalue weighted by Crippen LogP contribution is 2.31. The van der Waals surface area contributed by atoms with E-state index in [1.807, 2.05) is 30.3 Å². The third kappa shape index (κ3) is 3.97. The van der Waals surface area contributed by atoms with E-state index in [9.17, 15) is 5.26 Å². The highest BCUT2D eigenvalue weighted by Gasteiger charge is 2.37. The summed E-state index contributed by atoms with van der Waals surface area (Å²) in [6, 6.07) is 12.9. The highest BCUT2D eigenvalue weighted by molar-refractivity contribution is 7.99. The van der Waals surface area contributed by atoms with Crippen molar-refractivity contribution in [1.29, 1.82) is 5.26 Å². The summed E-state index contributed by atoms with van der Waals surface area (Å²) in [5.41, 5.74) is 0.448. The van der Waals surface area contributed by atoms with Gasteiger partial charge in [0.2, 0.25) is 0 Å². The average Bonchev–Trinajstić information content (AvgIpc) is 3.27. The molecule has 0 heterocycles. The quantitative estimate of drug-likeness (QED) is 0.715. The normalized spacial score (nSPS) is 17.7. The molecule has 1 unspecified atom stereocenters. The van der Waals surface area contributed by atoms with Crippen molar-refractivity contribution in [2.45, 2.75) is 30.8 Å². The predicted octanol–water partition coefficient (Wildman–Crippen LogP) is 2.27. The lowest BCUT2D eigenvalue weighted by atomic mass is 9.93. The summed E-state index contributed by atoms with van der Waals surface area (Å²) in [6.45, 7) is 0.216. The van der Waals surface area contributed by atoms with E-state index in [2.05, 4.69) is 11.4 Å². The fourth-order valence-electron chi connectivity index (χ4n) is 2.03. The van der Waals surface area contributed by atoms with Gasteiger partial charge in [0.15, 0.2) is 0 Å². The lowest BCUT2D eigenvalue weighted by molar-refractivity contribution is 0.296. The Morgan fingerprint density at radius 1 is 1.37 bits per heavy atom. The van der Waals surface area contributed by atoms with Gasteiger partial charge in [0.1, 0.15) is 5.54 Å². The lowest BCUT2D eigenvalue weighted by Gasteiger charge is -2.28. The van der Waals surface area contributed by atoms with Gasteiger partial charge in [-0.25, -0.2) is 0 Å². The monoisotopic (exact) mass is 276 g/mol. The molecule has 0 aromatic heterocycles. The molecule has 1 atom stereocenters. The maximum atomic E-state index is 9.69. The van der Waals surface area contributed by atoms with E-state index in [0.29, 0.717) is 6.04 Å². The van der Waals surface area contributed by atoms with Crippen molar-refractivity contribution in [1.82, 2.24) is 5.32 Å². The van der Waals surface area contributed by atoms with E-state index in [0.717, 1.165) is 36.3 Å². The number of rotatable bonds is 8. The molecule has 3 nitrogen and oxygen atoms in total. The van der Waals surface area contributed by atoms with Crippen molar-refractivity contribution in [2.75, 3.05) is 18.1 Å². The SMILES string of the molecule is N#CC(CSCCCO)(NC1CC1)c1ccccc1. The van der Waals surface area contributed by atoms with Crippen LogP contribution in [-0.4, -0.2) is 29.3 Å². The molecule has 1 saturated carbocycles. The van der Waals surface area contributed by atoms with Crippen LogP contribution >= 0.6 is 11.8 Å². The first-order chi connectivity index (χ1) is 9.30. The zero-order valence-corrected chi connectivity index (χ0v) is 11.8. The highest BCUT2D eigenvalue weighted by atomic mass is 32.2. The second-order valence-corrected chi connectivity index (χ2v) is 6.04. The van der Waals surface area contributed by atoms with Crippen molar-refractivity contribution >= 4 is 11.8 Å². The number of nitrogens with zero attached hydrogens (tertiary/aromatic N) is 1. The number of aliphatic hydroxyl groups excluding tert-OH is 1. The summed E-state index contributed by atoms with van der Waals surface area (Å²) in [4.78, 5) is 0. The van der Waals surface area contributed by atoms with Gasteiger partial charge in [0, 0.05) is 18.4 Å². The minimum atomic E-state index is -0.595. The van der Waals surface area contributed by atoms with Gasteiger partial charge in [-0.1, -0.05) is 30.3 Å². The fraction of sp³-hybridized carbons (Fsp3) is 0.533. The molecule has 0 spiro atoms. The van der Waals surface area contributed by atoms with Crippen molar-refractivity contribution in [3.8, 4) is 6.07 Å². The molecule has 4 heteroatoms. The van der Waals surface area contributed by atoms with E-state index >= 15 is 0 Å². The van der Waals surface area contributed by atoms with Crippen LogP contribution in [0.15, 0.2) is 30.3 Å².